The summed E-state index contributed by atoms with van der Waals surface area (Å²) in [7, 11) is 1.60. The lowest BCUT2D eigenvalue weighted by Gasteiger charge is -2.25. The minimum absolute atomic E-state index is 0.215. The summed E-state index contributed by atoms with van der Waals surface area (Å²) in [5.41, 5.74) is 9.33. The van der Waals surface area contributed by atoms with Crippen LogP contribution in [0.15, 0.2) is 42.6 Å². The third kappa shape index (κ3) is 4.77. The molecule has 0 fully saturated rings. The van der Waals surface area contributed by atoms with Crippen LogP contribution in [0.1, 0.15) is 18.2 Å². The maximum absolute atomic E-state index is 13.1. The molecule has 9 nitrogen and oxygen atoms in total. The molecule has 0 radical (unpaired) electrons. The summed E-state index contributed by atoms with van der Waals surface area (Å²) in [6, 6.07) is 10.9. The normalized spacial score (nSPS) is 15.7. The number of nitrogens with two attached hydrogens (primary N) is 1. The van der Waals surface area contributed by atoms with Gasteiger partial charge in [0.2, 0.25) is 5.91 Å². The van der Waals surface area contributed by atoms with Gasteiger partial charge in [0.25, 0.3) is 5.91 Å². The molecule has 1 aliphatic heterocycles. The van der Waals surface area contributed by atoms with Gasteiger partial charge in [0.1, 0.15) is 23.9 Å². The second kappa shape index (κ2) is 9.23. The van der Waals surface area contributed by atoms with Gasteiger partial charge in [0, 0.05) is 11.3 Å². The number of amides is 2. The van der Waals surface area contributed by atoms with Crippen LogP contribution in [0.5, 0.6) is 17.2 Å². The van der Waals surface area contributed by atoms with Crippen molar-refractivity contribution in [3.63, 3.8) is 0 Å². The average molecular weight is 450 g/mol. The molecule has 0 unspecified atom stereocenters. The Balaban J connectivity index is 1.57. The van der Waals surface area contributed by atoms with E-state index < -0.39 is 17.9 Å². The number of aromatic amines is 1. The average Bonchev–Trinajstić information content (AvgIpc) is 3.25. The Hall–Kier alpha value is -4.01. The fourth-order valence-corrected chi connectivity index (χ4v) is 3.68. The number of ether oxygens (including phenoxy) is 3. The number of carbonyl (C=O) groups is 2. The first-order valence-corrected chi connectivity index (χ1v) is 10.6. The number of rotatable bonds is 7. The molecule has 4 N–H and O–H groups in total. The molecule has 0 saturated heterocycles. The lowest BCUT2D eigenvalue weighted by molar-refractivity contribution is -0.124. The van der Waals surface area contributed by atoms with Crippen molar-refractivity contribution in [2.45, 2.75) is 26.4 Å². The second-order valence-corrected chi connectivity index (χ2v) is 7.96. The molecule has 2 amide bonds. The zero-order valence-corrected chi connectivity index (χ0v) is 18.7. The molecule has 2 aromatic carbocycles. The number of nitrogens with zero attached hydrogens (tertiary/aromatic N) is 1. The zero-order chi connectivity index (χ0) is 23.5. The fraction of sp³-hybridized carbons (Fsp3) is 0.292. The molecule has 9 heteroatoms. The number of carbonyl (C=O) groups excluding carboxylic acids is 2. The van der Waals surface area contributed by atoms with Gasteiger partial charge in [-0.1, -0.05) is 6.07 Å². The summed E-state index contributed by atoms with van der Waals surface area (Å²) in [6.07, 6.45) is 1.34. The van der Waals surface area contributed by atoms with E-state index >= 15 is 0 Å². The van der Waals surface area contributed by atoms with E-state index in [9.17, 15) is 9.59 Å². The van der Waals surface area contributed by atoms with Crippen LogP contribution >= 0.6 is 0 Å². The molecule has 172 valence electrons. The quantitative estimate of drug-likeness (QED) is 0.508. The molecule has 0 aliphatic carbocycles. The smallest absolute Gasteiger partial charge is 0.258 e. The topological polar surface area (TPSA) is 129 Å². The van der Waals surface area contributed by atoms with Crippen molar-refractivity contribution in [1.29, 1.82) is 0 Å². The Bertz CT molecular complexity index is 1190. The number of fused-ring (bicyclic) bond motifs is 1. The highest BCUT2D eigenvalue weighted by Gasteiger charge is 2.27. The van der Waals surface area contributed by atoms with Crippen LogP contribution in [0.25, 0.3) is 11.1 Å². The van der Waals surface area contributed by atoms with E-state index in [0.29, 0.717) is 23.6 Å². The highest BCUT2D eigenvalue weighted by molar-refractivity contribution is 5.95. The Labute approximate surface area is 191 Å². The third-order valence-corrected chi connectivity index (χ3v) is 5.63. The highest BCUT2D eigenvalue weighted by atomic mass is 16.5. The Morgan fingerprint density at radius 1 is 1.27 bits per heavy atom. The van der Waals surface area contributed by atoms with Gasteiger partial charge in [-0.25, -0.2) is 0 Å². The maximum atomic E-state index is 13.1. The first kappa shape index (κ1) is 22.2. The predicted molar refractivity (Wildman–Crippen MR) is 122 cm³/mol. The van der Waals surface area contributed by atoms with Gasteiger partial charge < -0.3 is 25.3 Å². The second-order valence-electron chi connectivity index (χ2n) is 7.96. The van der Waals surface area contributed by atoms with Crippen LogP contribution in [0.3, 0.4) is 0 Å². The van der Waals surface area contributed by atoms with Crippen LogP contribution in [-0.2, 0) is 16.0 Å². The summed E-state index contributed by atoms with van der Waals surface area (Å²) in [4.78, 5) is 24.7. The number of benzene rings is 2. The molecule has 0 bridgehead atoms. The van der Waals surface area contributed by atoms with Crippen LogP contribution in [0.4, 0.5) is 5.69 Å². The molecule has 0 spiro atoms. The van der Waals surface area contributed by atoms with Crippen LogP contribution < -0.4 is 25.3 Å². The van der Waals surface area contributed by atoms with Gasteiger partial charge in [0.15, 0.2) is 6.10 Å². The predicted octanol–water partition coefficient (Wildman–Crippen LogP) is 2.84. The van der Waals surface area contributed by atoms with Crippen molar-refractivity contribution >= 4 is 17.5 Å². The van der Waals surface area contributed by atoms with E-state index in [2.05, 4.69) is 15.5 Å². The van der Waals surface area contributed by atoms with Gasteiger partial charge in [-0.05, 0) is 61.7 Å². The van der Waals surface area contributed by atoms with Crippen molar-refractivity contribution in [2.24, 2.45) is 11.7 Å². The molecule has 1 aromatic heterocycles. The number of hydrogen-bond donors (Lipinski definition) is 3. The lowest BCUT2D eigenvalue weighted by atomic mass is 9.95. The summed E-state index contributed by atoms with van der Waals surface area (Å²) in [5.74, 6) is 0.572. The monoisotopic (exact) mass is 450 g/mol. The lowest BCUT2D eigenvalue weighted by Crippen LogP contribution is -2.33. The number of nitrogens with one attached hydrogen (secondary N) is 2. The minimum Gasteiger partial charge on any atom is -0.497 e. The van der Waals surface area contributed by atoms with E-state index in [1.54, 1.807) is 32.4 Å². The van der Waals surface area contributed by atoms with E-state index in [1.807, 2.05) is 31.2 Å². The van der Waals surface area contributed by atoms with Gasteiger partial charge in [-0.3, -0.25) is 14.7 Å². The maximum Gasteiger partial charge on any atom is 0.258 e. The van der Waals surface area contributed by atoms with Crippen molar-refractivity contribution in [2.75, 3.05) is 19.0 Å². The summed E-state index contributed by atoms with van der Waals surface area (Å²) in [6.45, 7) is 3.72. The standard InChI is InChI=1S/C24H26N4O5/c1-13-19(11-26-28-13)15-4-6-20(22(10-15)33-14(2)23(25)29)27-24(30)17-8-16-9-18(31-3)5-7-21(16)32-12-17/h4-7,9-11,14,17H,8,12H2,1-3H3,(H2,25,29)(H,26,28)(H,27,30)/t14-,17+/m1/s1. The highest BCUT2D eigenvalue weighted by Crippen LogP contribution is 2.34. The molecule has 33 heavy (non-hydrogen) atoms. The number of anilines is 1. The van der Waals surface area contributed by atoms with Crippen LogP contribution in [0.2, 0.25) is 0 Å². The number of H-pyrrole nitrogens is 1. The molecule has 1 aliphatic rings. The van der Waals surface area contributed by atoms with Crippen molar-refractivity contribution in [3.05, 3.63) is 53.9 Å². The van der Waals surface area contributed by atoms with Crippen molar-refractivity contribution < 1.29 is 23.8 Å². The number of methoxy groups -OCH3 is 1. The SMILES string of the molecule is COc1ccc2c(c1)C[C@H](C(=O)Nc1ccc(-c3cn[nH]c3C)cc1O[C@H](C)C(N)=O)CO2. The van der Waals surface area contributed by atoms with Gasteiger partial charge in [-0.15, -0.1) is 0 Å². The Morgan fingerprint density at radius 2 is 2.09 bits per heavy atom. The van der Waals surface area contributed by atoms with Gasteiger partial charge >= 0.3 is 0 Å². The number of primary amides is 1. The van der Waals surface area contributed by atoms with Gasteiger partial charge in [0.05, 0.1) is 24.9 Å². The first-order chi connectivity index (χ1) is 15.9. The largest absolute Gasteiger partial charge is 0.497 e. The van der Waals surface area contributed by atoms with Crippen molar-refractivity contribution in [3.8, 4) is 28.4 Å². The molecule has 4 rings (SSSR count). The molecule has 2 atom stereocenters. The van der Waals surface area contributed by atoms with Crippen LogP contribution in [-0.4, -0.2) is 41.8 Å². The van der Waals surface area contributed by atoms with E-state index in [-0.39, 0.29) is 12.5 Å². The van der Waals surface area contributed by atoms with Gasteiger partial charge in [-0.2, -0.15) is 5.10 Å². The first-order valence-electron chi connectivity index (χ1n) is 10.6. The minimum atomic E-state index is -0.876. The number of aryl methyl sites for hydroxylation is 1. The number of hydrogen-bond acceptors (Lipinski definition) is 6. The summed E-state index contributed by atoms with van der Waals surface area (Å²) >= 11 is 0. The molecular weight excluding hydrogens is 424 g/mol. The third-order valence-electron chi connectivity index (χ3n) is 5.63. The summed E-state index contributed by atoms with van der Waals surface area (Å²) in [5, 5.41) is 9.86. The van der Waals surface area contributed by atoms with Crippen molar-refractivity contribution in [1.82, 2.24) is 10.2 Å². The molecule has 2 heterocycles. The molecule has 3 aromatic rings. The summed E-state index contributed by atoms with van der Waals surface area (Å²) < 4.78 is 16.9. The van der Waals surface area contributed by atoms with Crippen LogP contribution in [0, 0.1) is 12.8 Å². The number of aromatic nitrogens is 2. The Kier molecular flexibility index (Phi) is 6.21. The molecule has 0 saturated carbocycles. The Morgan fingerprint density at radius 3 is 2.79 bits per heavy atom. The molecular formula is C24H26N4O5. The van der Waals surface area contributed by atoms with E-state index in [0.717, 1.165) is 28.1 Å². The van der Waals surface area contributed by atoms with E-state index in [4.69, 9.17) is 19.9 Å². The zero-order valence-electron chi connectivity index (χ0n) is 18.7. The van der Waals surface area contributed by atoms with E-state index in [1.165, 1.54) is 0 Å². The fourth-order valence-electron chi connectivity index (χ4n) is 3.68.